The molecule has 0 spiro atoms. The molecule has 2 aromatic rings. The van der Waals surface area contributed by atoms with Gasteiger partial charge in [-0.15, -0.1) is 0 Å². The normalized spacial score (nSPS) is 13.8. The summed E-state index contributed by atoms with van der Waals surface area (Å²) in [5.41, 5.74) is 12.2. The second-order valence-corrected chi connectivity index (χ2v) is 8.37. The summed E-state index contributed by atoms with van der Waals surface area (Å²) in [6.07, 6.45) is 1.13. The summed E-state index contributed by atoms with van der Waals surface area (Å²) in [6, 6.07) is 3.09. The van der Waals surface area contributed by atoms with Gasteiger partial charge in [-0.2, -0.15) is 0 Å². The van der Waals surface area contributed by atoms with Gasteiger partial charge in [0.15, 0.2) is 0 Å². The van der Waals surface area contributed by atoms with Crippen LogP contribution in [-0.2, 0) is 41.6 Å². The Morgan fingerprint density at radius 3 is 2.00 bits per heavy atom. The number of carboxylic acid groups (broad SMARTS) is 2. The molecule has 15 nitrogen and oxygen atoms in total. The van der Waals surface area contributed by atoms with Crippen LogP contribution in [0.15, 0.2) is 42.9 Å². The lowest BCUT2D eigenvalue weighted by atomic mass is 10.0. The Hall–Kier alpha value is -4.79. The number of nitrogens with zero attached hydrogens (tertiary/aromatic N) is 1. The molecule has 0 aliphatic rings. The Balaban J connectivity index is 2.18. The Morgan fingerprint density at radius 2 is 1.45 bits per heavy atom. The Morgan fingerprint density at radius 1 is 0.842 bits per heavy atom. The number of aromatic amines is 1. The number of amides is 4. The van der Waals surface area contributed by atoms with E-state index in [1.54, 1.807) is 30.3 Å². The number of aromatic nitrogens is 2. The fraction of sp³-hybridized carbons (Fsp3) is 0.348. The number of primary amides is 1. The van der Waals surface area contributed by atoms with Gasteiger partial charge in [0, 0.05) is 18.3 Å². The quantitative estimate of drug-likeness (QED) is 0.119. The highest BCUT2D eigenvalue weighted by Crippen LogP contribution is 2.06. The van der Waals surface area contributed by atoms with Crippen molar-refractivity contribution in [3.8, 4) is 0 Å². The lowest BCUT2D eigenvalue weighted by molar-refractivity contribution is -0.144. The highest BCUT2D eigenvalue weighted by Gasteiger charge is 2.32. The van der Waals surface area contributed by atoms with Gasteiger partial charge in [0.25, 0.3) is 0 Å². The smallest absolute Gasteiger partial charge is 0.326 e. The maximum absolute atomic E-state index is 13.1. The third-order valence-electron chi connectivity index (χ3n) is 5.28. The van der Waals surface area contributed by atoms with Crippen molar-refractivity contribution in [3.63, 3.8) is 0 Å². The van der Waals surface area contributed by atoms with E-state index >= 15 is 0 Å². The molecule has 0 fully saturated rings. The fourth-order valence-electron chi connectivity index (χ4n) is 3.39. The maximum atomic E-state index is 13.1. The summed E-state index contributed by atoms with van der Waals surface area (Å²) >= 11 is 0. The van der Waals surface area contributed by atoms with E-state index in [0.29, 0.717) is 5.69 Å². The summed E-state index contributed by atoms with van der Waals surface area (Å²) in [7, 11) is 0. The first kappa shape index (κ1) is 29.4. The Labute approximate surface area is 216 Å². The molecule has 10 N–H and O–H groups in total. The van der Waals surface area contributed by atoms with E-state index in [1.807, 2.05) is 5.32 Å². The van der Waals surface area contributed by atoms with Crippen LogP contribution in [0.3, 0.4) is 0 Å². The van der Waals surface area contributed by atoms with Crippen LogP contribution >= 0.6 is 0 Å². The number of aliphatic carboxylic acids is 2. The Bertz CT molecular complexity index is 1140. The first-order valence-corrected chi connectivity index (χ1v) is 11.4. The molecule has 15 heteroatoms. The van der Waals surface area contributed by atoms with Gasteiger partial charge in [-0.05, 0) is 12.0 Å². The van der Waals surface area contributed by atoms with E-state index in [9.17, 15) is 39.0 Å². The number of hydrogen-bond donors (Lipinski definition) is 8. The van der Waals surface area contributed by atoms with Crippen LogP contribution in [-0.4, -0.2) is 79.9 Å². The molecule has 1 heterocycles. The largest absolute Gasteiger partial charge is 0.481 e. The van der Waals surface area contributed by atoms with E-state index in [-0.39, 0.29) is 12.8 Å². The zero-order chi connectivity index (χ0) is 28.2. The number of H-pyrrole nitrogens is 1. The van der Waals surface area contributed by atoms with Crippen LogP contribution in [0.2, 0.25) is 0 Å². The summed E-state index contributed by atoms with van der Waals surface area (Å²) in [5.74, 6) is -6.89. The molecular weight excluding hydrogens is 502 g/mol. The van der Waals surface area contributed by atoms with Gasteiger partial charge in [0.2, 0.25) is 23.6 Å². The molecular formula is C23H29N7O8. The summed E-state index contributed by atoms with van der Waals surface area (Å²) in [5, 5.41) is 25.1. The second kappa shape index (κ2) is 14.1. The van der Waals surface area contributed by atoms with E-state index in [1.165, 1.54) is 12.5 Å². The molecule has 4 atom stereocenters. The first-order valence-electron chi connectivity index (χ1n) is 11.4. The van der Waals surface area contributed by atoms with E-state index in [2.05, 4.69) is 20.6 Å². The second-order valence-electron chi connectivity index (χ2n) is 8.37. The molecule has 1 aromatic heterocycles. The summed E-state index contributed by atoms with van der Waals surface area (Å²) in [4.78, 5) is 79.0. The maximum Gasteiger partial charge on any atom is 0.326 e. The minimum Gasteiger partial charge on any atom is -0.481 e. The van der Waals surface area contributed by atoms with Gasteiger partial charge in [-0.25, -0.2) is 9.78 Å². The molecule has 38 heavy (non-hydrogen) atoms. The SMILES string of the molecule is NC(=O)CC(NC(=O)C(CC(=O)O)NC(=O)C(Cc1cnc[nH]1)NC(=O)C(N)Cc1ccccc1)C(=O)O. The van der Waals surface area contributed by atoms with Crippen molar-refractivity contribution in [1.29, 1.82) is 0 Å². The molecule has 0 radical (unpaired) electrons. The van der Waals surface area contributed by atoms with E-state index in [4.69, 9.17) is 11.5 Å². The molecule has 4 unspecified atom stereocenters. The van der Waals surface area contributed by atoms with Gasteiger partial charge in [-0.1, -0.05) is 30.3 Å². The van der Waals surface area contributed by atoms with Gasteiger partial charge in [-0.3, -0.25) is 24.0 Å². The summed E-state index contributed by atoms with van der Waals surface area (Å²) in [6.45, 7) is 0. The number of carbonyl (C=O) groups excluding carboxylic acids is 4. The van der Waals surface area contributed by atoms with Crippen molar-refractivity contribution in [2.24, 2.45) is 11.5 Å². The fourth-order valence-corrected chi connectivity index (χ4v) is 3.39. The van der Waals surface area contributed by atoms with Gasteiger partial charge in [0.05, 0.1) is 25.2 Å². The lowest BCUT2D eigenvalue weighted by Gasteiger charge is -2.24. The van der Waals surface area contributed by atoms with Gasteiger partial charge < -0.3 is 42.6 Å². The molecule has 1 aromatic carbocycles. The zero-order valence-electron chi connectivity index (χ0n) is 20.1. The molecule has 0 bridgehead atoms. The number of hydrogen-bond acceptors (Lipinski definition) is 8. The van der Waals surface area contributed by atoms with Crippen molar-refractivity contribution >= 4 is 35.6 Å². The zero-order valence-corrected chi connectivity index (χ0v) is 20.1. The van der Waals surface area contributed by atoms with Crippen molar-refractivity contribution < 1.29 is 39.0 Å². The van der Waals surface area contributed by atoms with Crippen LogP contribution in [0.25, 0.3) is 0 Å². The third kappa shape index (κ3) is 9.69. The number of nitrogens with two attached hydrogens (primary N) is 2. The molecule has 0 saturated carbocycles. The van der Waals surface area contributed by atoms with Crippen LogP contribution in [0.1, 0.15) is 24.1 Å². The predicted octanol–water partition coefficient (Wildman–Crippen LogP) is -2.59. The van der Waals surface area contributed by atoms with Crippen LogP contribution in [0.4, 0.5) is 0 Å². The lowest BCUT2D eigenvalue weighted by Crippen LogP contribution is -2.58. The van der Waals surface area contributed by atoms with Gasteiger partial charge >= 0.3 is 11.9 Å². The van der Waals surface area contributed by atoms with Crippen molar-refractivity contribution in [2.75, 3.05) is 0 Å². The van der Waals surface area contributed by atoms with Crippen molar-refractivity contribution in [3.05, 3.63) is 54.1 Å². The molecule has 0 aliphatic heterocycles. The van der Waals surface area contributed by atoms with Crippen molar-refractivity contribution in [1.82, 2.24) is 25.9 Å². The molecule has 204 valence electrons. The standard InChI is InChI=1S/C23H29N7O8/c24-14(6-12-4-2-1-3-5-12)20(34)28-15(7-13-10-26-11-27-13)21(35)29-16(9-19(32)33)22(36)30-17(23(37)38)8-18(25)31/h1-5,10-11,14-17H,6-9,24H2,(H2,25,31)(H,26,27)(H,28,34)(H,29,35)(H,30,36)(H,32,33)(H,37,38). The minimum absolute atomic E-state index is 0.115. The van der Waals surface area contributed by atoms with E-state index < -0.39 is 72.6 Å². The Kier molecular flexibility index (Phi) is 10.9. The predicted molar refractivity (Wildman–Crippen MR) is 130 cm³/mol. The number of carboxylic acids is 2. The molecule has 0 saturated heterocycles. The number of rotatable bonds is 15. The van der Waals surface area contributed by atoms with Crippen LogP contribution < -0.4 is 27.4 Å². The molecule has 0 aliphatic carbocycles. The van der Waals surface area contributed by atoms with Crippen LogP contribution in [0.5, 0.6) is 0 Å². The van der Waals surface area contributed by atoms with Crippen LogP contribution in [0, 0.1) is 0 Å². The number of nitrogens with one attached hydrogen (secondary N) is 4. The van der Waals surface area contributed by atoms with Gasteiger partial charge in [0.1, 0.15) is 18.1 Å². The number of carbonyl (C=O) groups is 6. The monoisotopic (exact) mass is 531 g/mol. The minimum atomic E-state index is -1.75. The molecule has 4 amide bonds. The molecule has 2 rings (SSSR count). The van der Waals surface area contributed by atoms with Crippen molar-refractivity contribution in [2.45, 2.75) is 49.9 Å². The topological polar surface area (TPSA) is 260 Å². The third-order valence-corrected chi connectivity index (χ3v) is 5.28. The average molecular weight is 532 g/mol. The van der Waals surface area contributed by atoms with E-state index in [0.717, 1.165) is 5.56 Å². The number of benzene rings is 1. The average Bonchev–Trinajstić information content (AvgIpc) is 3.35. The highest BCUT2D eigenvalue weighted by atomic mass is 16.4. The highest BCUT2D eigenvalue weighted by molar-refractivity contribution is 5.96. The first-order chi connectivity index (χ1) is 18.0. The number of imidazole rings is 1. The summed E-state index contributed by atoms with van der Waals surface area (Å²) < 4.78 is 0.